The highest BCUT2D eigenvalue weighted by Crippen LogP contribution is 2.25. The Kier molecular flexibility index (Phi) is 4.89. The normalized spacial score (nSPS) is 10.8. The first-order chi connectivity index (χ1) is 13.6. The minimum Gasteiger partial charge on any atom is -0.497 e. The Balaban J connectivity index is 1.55. The van der Waals surface area contributed by atoms with Gasteiger partial charge in [-0.25, -0.2) is 4.98 Å². The van der Waals surface area contributed by atoms with E-state index >= 15 is 0 Å². The molecule has 1 N–H and O–H groups in total. The molecule has 0 atom stereocenters. The molecule has 0 amide bonds. The van der Waals surface area contributed by atoms with Crippen LogP contribution in [-0.2, 0) is 6.54 Å². The second-order valence-corrected chi connectivity index (χ2v) is 6.93. The van der Waals surface area contributed by atoms with Gasteiger partial charge < -0.3 is 15.0 Å². The smallest absolute Gasteiger partial charge is 0.137 e. The predicted molar refractivity (Wildman–Crippen MR) is 115 cm³/mol. The Morgan fingerprint density at radius 3 is 2.39 bits per heavy atom. The molecule has 0 aliphatic rings. The van der Waals surface area contributed by atoms with E-state index in [1.165, 1.54) is 11.3 Å². The Morgan fingerprint density at radius 2 is 1.71 bits per heavy atom. The van der Waals surface area contributed by atoms with Gasteiger partial charge in [0.05, 0.1) is 24.7 Å². The third kappa shape index (κ3) is 3.64. The summed E-state index contributed by atoms with van der Waals surface area (Å²) in [5, 5.41) is 3.51. The number of benzene rings is 2. The lowest BCUT2D eigenvalue weighted by atomic mass is 10.1. The van der Waals surface area contributed by atoms with Crippen LogP contribution in [0.5, 0.6) is 5.75 Å². The van der Waals surface area contributed by atoms with Gasteiger partial charge >= 0.3 is 0 Å². The summed E-state index contributed by atoms with van der Waals surface area (Å²) in [5.74, 6) is 0.847. The summed E-state index contributed by atoms with van der Waals surface area (Å²) in [5.41, 5.74) is 6.57. The maximum absolute atomic E-state index is 5.25. The monoisotopic (exact) mass is 372 g/mol. The summed E-state index contributed by atoms with van der Waals surface area (Å²) >= 11 is 0. The van der Waals surface area contributed by atoms with Crippen molar-refractivity contribution in [2.45, 2.75) is 6.54 Å². The van der Waals surface area contributed by atoms with Crippen molar-refractivity contribution in [3.05, 3.63) is 78.6 Å². The van der Waals surface area contributed by atoms with Crippen molar-refractivity contribution in [3.63, 3.8) is 0 Å². The van der Waals surface area contributed by atoms with Crippen LogP contribution in [0.25, 0.3) is 16.9 Å². The zero-order chi connectivity index (χ0) is 19.5. The SMILES string of the molecule is COc1ccc(-c2cnc3ccc(NCc4ccc(N(C)C)cc4)cn23)cc1. The summed E-state index contributed by atoms with van der Waals surface area (Å²) < 4.78 is 7.36. The first kappa shape index (κ1) is 17.9. The molecule has 5 heteroatoms. The number of pyridine rings is 1. The van der Waals surface area contributed by atoms with E-state index in [1.807, 2.05) is 38.5 Å². The van der Waals surface area contributed by atoms with Crippen LogP contribution in [-0.4, -0.2) is 30.6 Å². The molecule has 2 aromatic heterocycles. The molecule has 0 aliphatic carbocycles. The number of aromatic nitrogens is 2. The van der Waals surface area contributed by atoms with Crippen LogP contribution in [0.1, 0.15) is 5.56 Å². The first-order valence-electron chi connectivity index (χ1n) is 9.26. The van der Waals surface area contributed by atoms with Crippen molar-refractivity contribution in [2.75, 3.05) is 31.4 Å². The number of anilines is 2. The van der Waals surface area contributed by atoms with Crippen molar-refractivity contribution in [2.24, 2.45) is 0 Å². The van der Waals surface area contributed by atoms with Crippen LogP contribution < -0.4 is 15.0 Å². The van der Waals surface area contributed by atoms with Gasteiger partial charge in [0.25, 0.3) is 0 Å². The molecule has 4 aromatic rings. The molecule has 5 nitrogen and oxygen atoms in total. The molecule has 0 bridgehead atoms. The maximum atomic E-state index is 5.25. The first-order valence-corrected chi connectivity index (χ1v) is 9.26. The van der Waals surface area contributed by atoms with E-state index in [-0.39, 0.29) is 0 Å². The fourth-order valence-corrected chi connectivity index (χ4v) is 3.18. The molecular formula is C23H24N4O. The largest absolute Gasteiger partial charge is 0.497 e. The van der Waals surface area contributed by atoms with Gasteiger partial charge in [-0.15, -0.1) is 0 Å². The van der Waals surface area contributed by atoms with Crippen LogP contribution in [0.2, 0.25) is 0 Å². The van der Waals surface area contributed by atoms with Crippen molar-refractivity contribution >= 4 is 17.0 Å². The van der Waals surface area contributed by atoms with Crippen molar-refractivity contribution in [1.82, 2.24) is 9.38 Å². The second-order valence-electron chi connectivity index (χ2n) is 6.93. The molecule has 28 heavy (non-hydrogen) atoms. The van der Waals surface area contributed by atoms with Gasteiger partial charge in [0.1, 0.15) is 11.4 Å². The minimum atomic E-state index is 0.770. The van der Waals surface area contributed by atoms with Gasteiger partial charge in [0.15, 0.2) is 0 Å². The third-order valence-corrected chi connectivity index (χ3v) is 4.84. The van der Waals surface area contributed by atoms with Crippen molar-refractivity contribution in [3.8, 4) is 17.0 Å². The van der Waals surface area contributed by atoms with Gasteiger partial charge in [-0.2, -0.15) is 0 Å². The summed E-state index contributed by atoms with van der Waals surface area (Å²) in [6, 6.07) is 20.7. The maximum Gasteiger partial charge on any atom is 0.137 e. The van der Waals surface area contributed by atoms with Crippen molar-refractivity contribution in [1.29, 1.82) is 0 Å². The van der Waals surface area contributed by atoms with Crippen LogP contribution in [0.4, 0.5) is 11.4 Å². The topological polar surface area (TPSA) is 41.8 Å². The van der Waals surface area contributed by atoms with Crippen LogP contribution in [0.15, 0.2) is 73.1 Å². The minimum absolute atomic E-state index is 0.770. The fraction of sp³-hybridized carbons (Fsp3) is 0.174. The molecular weight excluding hydrogens is 348 g/mol. The van der Waals surface area contributed by atoms with E-state index in [0.29, 0.717) is 0 Å². The number of imidazole rings is 1. The number of methoxy groups -OCH3 is 1. The Morgan fingerprint density at radius 1 is 0.964 bits per heavy atom. The van der Waals surface area contributed by atoms with Gasteiger partial charge in [-0.3, -0.25) is 4.40 Å². The van der Waals surface area contributed by atoms with E-state index in [0.717, 1.165) is 34.9 Å². The number of rotatable bonds is 6. The summed E-state index contributed by atoms with van der Waals surface area (Å²) in [4.78, 5) is 6.62. The molecule has 0 saturated carbocycles. The summed E-state index contributed by atoms with van der Waals surface area (Å²) in [6.07, 6.45) is 4.00. The lowest BCUT2D eigenvalue weighted by Crippen LogP contribution is -2.08. The average Bonchev–Trinajstić information content (AvgIpc) is 3.16. The lowest BCUT2D eigenvalue weighted by Gasteiger charge is -2.13. The highest BCUT2D eigenvalue weighted by molar-refractivity contribution is 5.66. The van der Waals surface area contributed by atoms with Crippen molar-refractivity contribution < 1.29 is 4.74 Å². The molecule has 2 heterocycles. The number of nitrogens with zero attached hydrogens (tertiary/aromatic N) is 3. The van der Waals surface area contributed by atoms with Gasteiger partial charge in [0, 0.05) is 38.1 Å². The number of fused-ring (bicyclic) bond motifs is 1. The Hall–Kier alpha value is -3.47. The quantitative estimate of drug-likeness (QED) is 0.533. The number of ether oxygens (including phenoxy) is 1. The van der Waals surface area contributed by atoms with Gasteiger partial charge in [-0.1, -0.05) is 12.1 Å². The predicted octanol–water partition coefficient (Wildman–Crippen LogP) is 4.69. The highest BCUT2D eigenvalue weighted by atomic mass is 16.5. The molecule has 2 aromatic carbocycles. The highest BCUT2D eigenvalue weighted by Gasteiger charge is 2.07. The molecule has 0 spiro atoms. The Bertz CT molecular complexity index is 1070. The number of hydrogen-bond acceptors (Lipinski definition) is 4. The molecule has 0 saturated heterocycles. The van der Waals surface area contributed by atoms with Gasteiger partial charge in [0.2, 0.25) is 0 Å². The summed E-state index contributed by atoms with van der Waals surface area (Å²) in [7, 11) is 5.78. The van der Waals surface area contributed by atoms with E-state index in [1.54, 1.807) is 7.11 Å². The standard InChI is InChI=1S/C23H24N4O/c1-26(2)20-9-4-17(5-10-20)14-24-19-8-13-23-25-15-22(27(23)16-19)18-6-11-21(28-3)12-7-18/h4-13,15-16,24H,14H2,1-3H3. The lowest BCUT2D eigenvalue weighted by molar-refractivity contribution is 0.415. The van der Waals surface area contributed by atoms with E-state index in [9.17, 15) is 0 Å². The summed E-state index contributed by atoms with van der Waals surface area (Å²) in [6.45, 7) is 0.770. The average molecular weight is 372 g/mol. The fourth-order valence-electron chi connectivity index (χ4n) is 3.18. The molecule has 0 aliphatic heterocycles. The molecule has 0 unspecified atom stereocenters. The Labute approximate surface area is 165 Å². The zero-order valence-electron chi connectivity index (χ0n) is 16.4. The molecule has 142 valence electrons. The molecule has 4 rings (SSSR count). The van der Waals surface area contributed by atoms with E-state index < -0.39 is 0 Å². The number of hydrogen-bond donors (Lipinski definition) is 1. The van der Waals surface area contributed by atoms with E-state index in [4.69, 9.17) is 4.74 Å². The van der Waals surface area contributed by atoms with Gasteiger partial charge in [-0.05, 0) is 54.1 Å². The third-order valence-electron chi connectivity index (χ3n) is 4.84. The van der Waals surface area contributed by atoms with E-state index in [2.05, 4.69) is 68.3 Å². The zero-order valence-corrected chi connectivity index (χ0v) is 16.4. The molecule has 0 radical (unpaired) electrons. The molecule has 0 fully saturated rings. The van der Waals surface area contributed by atoms with Crippen LogP contribution in [0, 0.1) is 0 Å². The van der Waals surface area contributed by atoms with Crippen LogP contribution >= 0.6 is 0 Å². The van der Waals surface area contributed by atoms with Crippen LogP contribution in [0.3, 0.4) is 0 Å². The number of nitrogens with one attached hydrogen (secondary N) is 1. The second kappa shape index (κ2) is 7.64.